The Morgan fingerprint density at radius 1 is 1.20 bits per heavy atom. The van der Waals surface area contributed by atoms with E-state index in [-0.39, 0.29) is 6.04 Å². The first-order valence-corrected chi connectivity index (χ1v) is 7.90. The first kappa shape index (κ1) is 15.1. The lowest BCUT2D eigenvalue weighted by molar-refractivity contribution is 0.119. The molecule has 0 amide bonds. The third-order valence-corrected chi connectivity index (χ3v) is 4.24. The minimum absolute atomic E-state index is 0.256. The number of rotatable bonds is 6. The molecular formula is C18H26N2. The van der Waals surface area contributed by atoms with E-state index in [4.69, 9.17) is 0 Å². The molecule has 0 spiro atoms. The molecule has 1 aliphatic rings. The van der Waals surface area contributed by atoms with E-state index < -0.39 is 0 Å². The molecule has 1 saturated carbocycles. The second kappa shape index (κ2) is 7.45. The molecule has 1 aliphatic carbocycles. The third-order valence-electron chi connectivity index (χ3n) is 4.24. The minimum atomic E-state index is 0.256. The topological polar surface area (TPSA) is 27.0 Å². The Balaban J connectivity index is 2.24. The van der Waals surface area contributed by atoms with Gasteiger partial charge in [0.2, 0.25) is 0 Å². The van der Waals surface area contributed by atoms with Crippen molar-refractivity contribution in [3.05, 3.63) is 35.9 Å². The van der Waals surface area contributed by atoms with Crippen molar-refractivity contribution in [2.24, 2.45) is 5.92 Å². The average molecular weight is 270 g/mol. The molecule has 1 fully saturated rings. The summed E-state index contributed by atoms with van der Waals surface area (Å²) in [7, 11) is 0. The molecule has 1 aromatic carbocycles. The average Bonchev–Trinajstić information content (AvgIpc) is 2.97. The van der Waals surface area contributed by atoms with E-state index in [9.17, 15) is 5.26 Å². The van der Waals surface area contributed by atoms with Crippen molar-refractivity contribution in [2.75, 3.05) is 6.54 Å². The summed E-state index contributed by atoms with van der Waals surface area (Å²) >= 11 is 0. The summed E-state index contributed by atoms with van der Waals surface area (Å²) in [6.07, 6.45) is 5.86. The van der Waals surface area contributed by atoms with Crippen LogP contribution in [0, 0.1) is 17.2 Å². The predicted molar refractivity (Wildman–Crippen MR) is 83.2 cm³/mol. The molecule has 2 rings (SSSR count). The molecule has 0 aromatic heterocycles. The summed E-state index contributed by atoms with van der Waals surface area (Å²) in [6, 6.07) is 13.9. The quantitative estimate of drug-likeness (QED) is 0.758. The van der Waals surface area contributed by atoms with Gasteiger partial charge in [0.15, 0.2) is 0 Å². The molecule has 2 heteroatoms. The maximum absolute atomic E-state index is 9.25. The van der Waals surface area contributed by atoms with Gasteiger partial charge in [-0.1, -0.05) is 57.0 Å². The number of hydrogen-bond acceptors (Lipinski definition) is 2. The lowest BCUT2D eigenvalue weighted by Gasteiger charge is -2.37. The SMILES string of the molecule is CC(C)CN(C1CCCC1)C(CC#N)c1ccccc1. The molecule has 0 heterocycles. The van der Waals surface area contributed by atoms with E-state index in [1.165, 1.54) is 31.2 Å². The van der Waals surface area contributed by atoms with Crippen molar-refractivity contribution >= 4 is 0 Å². The molecule has 0 bridgehead atoms. The number of nitriles is 1. The van der Waals surface area contributed by atoms with Crippen molar-refractivity contribution in [1.29, 1.82) is 5.26 Å². The summed E-state index contributed by atoms with van der Waals surface area (Å²) in [5.74, 6) is 0.639. The second-order valence-electron chi connectivity index (χ2n) is 6.32. The highest BCUT2D eigenvalue weighted by Crippen LogP contribution is 2.33. The lowest BCUT2D eigenvalue weighted by atomic mass is 9.98. The van der Waals surface area contributed by atoms with Crippen LogP contribution in [0.25, 0.3) is 0 Å². The van der Waals surface area contributed by atoms with Crippen LogP contribution in [0.2, 0.25) is 0 Å². The van der Waals surface area contributed by atoms with Crippen LogP contribution >= 0.6 is 0 Å². The van der Waals surface area contributed by atoms with Gasteiger partial charge in [0.25, 0.3) is 0 Å². The highest BCUT2D eigenvalue weighted by atomic mass is 15.2. The second-order valence-corrected chi connectivity index (χ2v) is 6.32. The van der Waals surface area contributed by atoms with Gasteiger partial charge in [-0.05, 0) is 24.3 Å². The van der Waals surface area contributed by atoms with Crippen LogP contribution in [0.5, 0.6) is 0 Å². The highest BCUT2D eigenvalue weighted by Gasteiger charge is 2.29. The maximum Gasteiger partial charge on any atom is 0.0641 e. The van der Waals surface area contributed by atoms with E-state index in [1.54, 1.807) is 0 Å². The van der Waals surface area contributed by atoms with Crippen LogP contribution in [0.3, 0.4) is 0 Å². The summed E-state index contributed by atoms with van der Waals surface area (Å²) in [4.78, 5) is 2.61. The third kappa shape index (κ3) is 3.84. The fourth-order valence-electron chi connectivity index (χ4n) is 3.38. The largest absolute Gasteiger partial charge is 0.292 e. The van der Waals surface area contributed by atoms with Gasteiger partial charge in [0.05, 0.1) is 12.5 Å². The molecule has 1 unspecified atom stereocenters. The highest BCUT2D eigenvalue weighted by molar-refractivity contribution is 5.20. The van der Waals surface area contributed by atoms with E-state index >= 15 is 0 Å². The molecule has 108 valence electrons. The normalized spacial score (nSPS) is 17.6. The van der Waals surface area contributed by atoms with E-state index in [1.807, 2.05) is 0 Å². The zero-order valence-electron chi connectivity index (χ0n) is 12.8. The van der Waals surface area contributed by atoms with Gasteiger partial charge in [-0.25, -0.2) is 0 Å². The van der Waals surface area contributed by atoms with Crippen molar-refractivity contribution in [3.8, 4) is 6.07 Å². The molecular weight excluding hydrogens is 244 g/mol. The molecule has 0 saturated heterocycles. The van der Waals surface area contributed by atoms with Crippen molar-refractivity contribution in [3.63, 3.8) is 0 Å². The van der Waals surface area contributed by atoms with Gasteiger partial charge >= 0.3 is 0 Å². The fraction of sp³-hybridized carbons (Fsp3) is 0.611. The van der Waals surface area contributed by atoms with Gasteiger partial charge in [0.1, 0.15) is 0 Å². The lowest BCUT2D eigenvalue weighted by Crippen LogP contribution is -2.39. The van der Waals surface area contributed by atoms with Gasteiger partial charge in [0, 0.05) is 18.6 Å². The number of hydrogen-bond donors (Lipinski definition) is 0. The van der Waals surface area contributed by atoms with Crippen LogP contribution < -0.4 is 0 Å². The van der Waals surface area contributed by atoms with Gasteiger partial charge in [-0.2, -0.15) is 5.26 Å². The zero-order valence-corrected chi connectivity index (χ0v) is 12.8. The zero-order chi connectivity index (χ0) is 14.4. The van der Waals surface area contributed by atoms with Crippen LogP contribution in [0.15, 0.2) is 30.3 Å². The molecule has 0 radical (unpaired) electrons. The van der Waals surface area contributed by atoms with E-state index in [0.29, 0.717) is 18.4 Å². The summed E-state index contributed by atoms with van der Waals surface area (Å²) in [5, 5.41) is 9.25. The van der Waals surface area contributed by atoms with Gasteiger partial charge < -0.3 is 0 Å². The summed E-state index contributed by atoms with van der Waals surface area (Å²) < 4.78 is 0. The van der Waals surface area contributed by atoms with Crippen molar-refractivity contribution in [2.45, 2.75) is 58.0 Å². The van der Waals surface area contributed by atoms with Crippen LogP contribution in [0.1, 0.15) is 57.6 Å². The standard InChI is InChI=1S/C18H26N2/c1-15(2)14-20(17-10-6-7-11-17)18(12-13-19)16-8-4-3-5-9-16/h3-5,8-9,15,17-18H,6-7,10-12,14H2,1-2H3. The molecule has 20 heavy (non-hydrogen) atoms. The summed E-state index contributed by atoms with van der Waals surface area (Å²) in [5.41, 5.74) is 1.29. The Bertz CT molecular complexity index is 426. The van der Waals surface area contributed by atoms with Crippen LogP contribution in [0.4, 0.5) is 0 Å². The maximum atomic E-state index is 9.25. The molecule has 1 atom stereocenters. The Labute approximate surface area is 123 Å². The van der Waals surface area contributed by atoms with Gasteiger partial charge in [-0.3, -0.25) is 4.90 Å². The first-order valence-electron chi connectivity index (χ1n) is 7.90. The monoisotopic (exact) mass is 270 g/mol. The number of nitrogens with zero attached hydrogens (tertiary/aromatic N) is 2. The Hall–Kier alpha value is -1.33. The van der Waals surface area contributed by atoms with Crippen molar-refractivity contribution < 1.29 is 0 Å². The Kier molecular flexibility index (Phi) is 5.61. The van der Waals surface area contributed by atoms with Gasteiger partial charge in [-0.15, -0.1) is 0 Å². The molecule has 1 aromatic rings. The Morgan fingerprint density at radius 2 is 1.85 bits per heavy atom. The molecule has 0 N–H and O–H groups in total. The van der Waals surface area contributed by atoms with Crippen molar-refractivity contribution in [1.82, 2.24) is 4.90 Å². The van der Waals surface area contributed by atoms with Crippen LogP contribution in [-0.4, -0.2) is 17.5 Å². The molecule has 0 aliphatic heterocycles. The fourth-order valence-corrected chi connectivity index (χ4v) is 3.38. The predicted octanol–water partition coefficient (Wildman–Crippen LogP) is 4.54. The Morgan fingerprint density at radius 3 is 2.40 bits per heavy atom. The smallest absolute Gasteiger partial charge is 0.0641 e. The molecule has 2 nitrogen and oxygen atoms in total. The minimum Gasteiger partial charge on any atom is -0.292 e. The van der Waals surface area contributed by atoms with Crippen LogP contribution in [-0.2, 0) is 0 Å². The van der Waals surface area contributed by atoms with E-state index in [0.717, 1.165) is 6.54 Å². The number of benzene rings is 1. The first-order chi connectivity index (χ1) is 9.72. The summed E-state index contributed by atoms with van der Waals surface area (Å²) in [6.45, 7) is 5.64. The van der Waals surface area contributed by atoms with E-state index in [2.05, 4.69) is 55.1 Å².